The summed E-state index contributed by atoms with van der Waals surface area (Å²) in [6, 6.07) is 5.22. The summed E-state index contributed by atoms with van der Waals surface area (Å²) in [4.78, 5) is 2.92. The van der Waals surface area contributed by atoms with Gasteiger partial charge in [-0.1, -0.05) is 0 Å². The van der Waals surface area contributed by atoms with Crippen molar-refractivity contribution in [2.24, 2.45) is 5.73 Å². The van der Waals surface area contributed by atoms with E-state index in [1.54, 1.807) is 24.4 Å². The molecule has 0 saturated carbocycles. The molecule has 0 fully saturated rings. The second-order valence-corrected chi connectivity index (χ2v) is 4.22. The van der Waals surface area contributed by atoms with Gasteiger partial charge in [0.15, 0.2) is 0 Å². The van der Waals surface area contributed by atoms with Crippen molar-refractivity contribution < 1.29 is 17.7 Å². The molecule has 98 valence electrons. The van der Waals surface area contributed by atoms with Gasteiger partial charge in [0, 0.05) is 17.1 Å². The number of benzene rings is 1. The van der Waals surface area contributed by atoms with E-state index in [2.05, 4.69) is 4.98 Å². The smallest absolute Gasteiger partial charge is 0.494 e. The fourth-order valence-corrected chi connectivity index (χ4v) is 1.84. The van der Waals surface area contributed by atoms with Gasteiger partial charge in [-0.2, -0.15) is 0 Å². The molecule has 0 radical (unpaired) electrons. The van der Waals surface area contributed by atoms with Crippen molar-refractivity contribution in [3.8, 4) is 5.75 Å². The largest absolute Gasteiger partial charge is 0.497 e. The maximum Gasteiger partial charge on any atom is 0.494 e. The van der Waals surface area contributed by atoms with Gasteiger partial charge >= 0.3 is 6.98 Å². The number of nitrogens with two attached hydrogens (primary N) is 1. The highest BCUT2D eigenvalue weighted by molar-refractivity contribution is 6.60. The van der Waals surface area contributed by atoms with Crippen LogP contribution in [0.5, 0.6) is 5.75 Å². The monoisotopic (exact) mass is 257 g/mol. The molecule has 18 heavy (non-hydrogen) atoms. The van der Waals surface area contributed by atoms with Crippen LogP contribution in [0.4, 0.5) is 12.9 Å². The van der Waals surface area contributed by atoms with Gasteiger partial charge < -0.3 is 28.4 Å². The van der Waals surface area contributed by atoms with Crippen LogP contribution in [0.25, 0.3) is 10.9 Å². The van der Waals surface area contributed by atoms with Crippen LogP contribution >= 0.6 is 0 Å². The molecule has 1 heterocycles. The van der Waals surface area contributed by atoms with Gasteiger partial charge in [0.25, 0.3) is 0 Å². The average Bonchev–Trinajstić information content (AvgIpc) is 2.70. The molecule has 0 aliphatic rings. The molecule has 0 saturated heterocycles. The van der Waals surface area contributed by atoms with Crippen molar-refractivity contribution in [1.29, 1.82) is 0 Å². The maximum absolute atomic E-state index is 12.5. The van der Waals surface area contributed by atoms with E-state index >= 15 is 0 Å². The number of aromatic nitrogens is 1. The molecule has 2 aromatic rings. The lowest BCUT2D eigenvalue weighted by atomic mass is 9.76. The fraction of sp³-hybridized carbons (Fsp3) is 0.273. The van der Waals surface area contributed by atoms with E-state index in [-0.39, 0.29) is 6.42 Å². The Balaban J connectivity index is 2.34. The van der Waals surface area contributed by atoms with Crippen LogP contribution < -0.4 is 10.5 Å². The number of methoxy groups -OCH3 is 1. The zero-order valence-electron chi connectivity index (χ0n) is 9.79. The summed E-state index contributed by atoms with van der Waals surface area (Å²) < 4.78 is 42.5. The van der Waals surface area contributed by atoms with Crippen LogP contribution in [0, 0.1) is 0 Å². The van der Waals surface area contributed by atoms with E-state index < -0.39 is 12.9 Å². The molecule has 0 spiro atoms. The minimum Gasteiger partial charge on any atom is -0.497 e. The van der Waals surface area contributed by atoms with Crippen LogP contribution in [0.3, 0.4) is 0 Å². The minimum atomic E-state index is -5.02. The second-order valence-electron chi connectivity index (χ2n) is 4.22. The Labute approximate surface area is 102 Å². The SMILES string of the molecule is COc1ccc2[nH]cc(CC(N)[B-](F)(F)F)c2c1. The van der Waals surface area contributed by atoms with Gasteiger partial charge in [-0.05, 0) is 36.1 Å². The molecule has 1 aromatic heterocycles. The molecule has 3 N–H and O–H groups in total. The van der Waals surface area contributed by atoms with E-state index in [0.29, 0.717) is 16.7 Å². The Morgan fingerprint density at radius 1 is 1.39 bits per heavy atom. The third kappa shape index (κ3) is 2.45. The van der Waals surface area contributed by atoms with Gasteiger partial charge in [-0.3, -0.25) is 0 Å². The van der Waals surface area contributed by atoms with Crippen LogP contribution in [0.1, 0.15) is 5.56 Å². The Hall–Kier alpha value is -1.63. The van der Waals surface area contributed by atoms with E-state index in [9.17, 15) is 12.9 Å². The highest BCUT2D eigenvalue weighted by atomic mass is 19.4. The normalized spacial score (nSPS) is 13.8. The summed E-state index contributed by atoms with van der Waals surface area (Å²) in [5, 5.41) is 0.713. The quantitative estimate of drug-likeness (QED) is 0.826. The predicted octanol–water partition coefficient (Wildman–Crippen LogP) is 2.43. The first kappa shape index (κ1) is 12.8. The summed E-state index contributed by atoms with van der Waals surface area (Å²) in [5.41, 5.74) is 6.48. The van der Waals surface area contributed by atoms with Crippen LogP contribution in [-0.2, 0) is 6.42 Å². The van der Waals surface area contributed by atoms with Gasteiger partial charge in [0.05, 0.1) is 7.11 Å². The molecular formula is C11H13BF3N2O-. The molecule has 0 aliphatic heterocycles. The summed E-state index contributed by atoms with van der Waals surface area (Å²) in [5.74, 6) is -1.19. The van der Waals surface area contributed by atoms with E-state index in [0.717, 1.165) is 5.52 Å². The second kappa shape index (κ2) is 4.57. The van der Waals surface area contributed by atoms with Gasteiger partial charge in [0.1, 0.15) is 5.75 Å². The van der Waals surface area contributed by atoms with Crippen LogP contribution in [0.15, 0.2) is 24.4 Å². The van der Waals surface area contributed by atoms with Gasteiger partial charge in [-0.25, -0.2) is 0 Å². The number of fused-ring (bicyclic) bond motifs is 1. The maximum atomic E-state index is 12.5. The molecule has 1 unspecified atom stereocenters. The van der Waals surface area contributed by atoms with Crippen molar-refractivity contribution in [1.82, 2.24) is 4.98 Å². The van der Waals surface area contributed by atoms with E-state index in [1.807, 2.05) is 0 Å². The number of ether oxygens (including phenoxy) is 1. The predicted molar refractivity (Wildman–Crippen MR) is 65.6 cm³/mol. The van der Waals surface area contributed by atoms with Gasteiger partial charge in [0.2, 0.25) is 0 Å². The van der Waals surface area contributed by atoms with Crippen molar-refractivity contribution in [3.63, 3.8) is 0 Å². The minimum absolute atomic E-state index is 0.226. The number of nitrogens with one attached hydrogen (secondary N) is 1. The lowest BCUT2D eigenvalue weighted by Gasteiger charge is -2.22. The number of aromatic amines is 1. The number of halogens is 3. The molecule has 1 atom stereocenters. The topological polar surface area (TPSA) is 51.0 Å². The van der Waals surface area contributed by atoms with E-state index in [1.165, 1.54) is 7.11 Å². The molecule has 0 bridgehead atoms. The standard InChI is InChI=1S/C11H13BF3N2O/c1-18-8-2-3-10-9(5-8)7(6-17-10)4-11(16)12(13,14)15/h2-3,5-6,11,17H,4,16H2,1H3/q-1. The Morgan fingerprint density at radius 3 is 2.72 bits per heavy atom. The molecule has 3 nitrogen and oxygen atoms in total. The molecule has 2 rings (SSSR count). The van der Waals surface area contributed by atoms with Gasteiger partial charge in [-0.15, -0.1) is 0 Å². The third-order valence-corrected chi connectivity index (χ3v) is 2.92. The van der Waals surface area contributed by atoms with Crippen molar-refractivity contribution in [2.75, 3.05) is 7.11 Å². The molecule has 0 aliphatic carbocycles. The van der Waals surface area contributed by atoms with Crippen molar-refractivity contribution >= 4 is 17.9 Å². The summed E-state index contributed by atoms with van der Waals surface area (Å²) in [7, 11) is 1.51. The van der Waals surface area contributed by atoms with Crippen LogP contribution in [-0.4, -0.2) is 25.0 Å². The lowest BCUT2D eigenvalue weighted by molar-refractivity contribution is 0.415. The summed E-state index contributed by atoms with van der Waals surface area (Å²) in [6.07, 6.45) is 1.34. The van der Waals surface area contributed by atoms with Crippen molar-refractivity contribution in [3.05, 3.63) is 30.0 Å². The molecule has 0 amide bonds. The first-order valence-corrected chi connectivity index (χ1v) is 5.51. The van der Waals surface area contributed by atoms with E-state index in [4.69, 9.17) is 10.5 Å². The zero-order valence-corrected chi connectivity index (χ0v) is 9.79. The summed E-state index contributed by atoms with van der Waals surface area (Å²) >= 11 is 0. The highest BCUT2D eigenvalue weighted by Crippen LogP contribution is 2.26. The Bertz CT molecular complexity index is 553. The zero-order chi connectivity index (χ0) is 13.3. The number of H-pyrrole nitrogens is 1. The third-order valence-electron chi connectivity index (χ3n) is 2.92. The molecule has 1 aromatic carbocycles. The Kier molecular flexibility index (Phi) is 3.25. The first-order chi connectivity index (χ1) is 8.41. The molecular weight excluding hydrogens is 244 g/mol. The highest BCUT2D eigenvalue weighted by Gasteiger charge is 2.32. The fourth-order valence-electron chi connectivity index (χ4n) is 1.84. The number of rotatable bonds is 4. The Morgan fingerprint density at radius 2 is 2.11 bits per heavy atom. The summed E-state index contributed by atoms with van der Waals surface area (Å²) in [6.45, 7) is -5.02. The van der Waals surface area contributed by atoms with Crippen molar-refractivity contribution in [2.45, 2.75) is 12.4 Å². The van der Waals surface area contributed by atoms with Crippen LogP contribution in [0.2, 0.25) is 0 Å². The first-order valence-electron chi connectivity index (χ1n) is 5.51. The number of hydrogen-bond donors (Lipinski definition) is 2. The average molecular weight is 257 g/mol. The number of hydrogen-bond acceptors (Lipinski definition) is 2. The molecule has 7 heteroatoms. The lowest BCUT2D eigenvalue weighted by Crippen LogP contribution is -2.44.